The molecule has 0 bridgehead atoms. The smallest absolute Gasteiger partial charge is 0.257 e. The third-order valence-corrected chi connectivity index (χ3v) is 7.50. The number of rotatable bonds is 4. The van der Waals surface area contributed by atoms with Crippen molar-refractivity contribution in [1.29, 1.82) is 0 Å². The highest BCUT2D eigenvalue weighted by Crippen LogP contribution is 2.23. The minimum absolute atomic E-state index is 0.00417. The number of piperazine rings is 1. The minimum Gasteiger partial charge on any atom is -0.335 e. The van der Waals surface area contributed by atoms with Gasteiger partial charge in [0.25, 0.3) is 11.8 Å². The van der Waals surface area contributed by atoms with Crippen LogP contribution in [0.5, 0.6) is 0 Å². The van der Waals surface area contributed by atoms with Gasteiger partial charge < -0.3 is 9.80 Å². The van der Waals surface area contributed by atoms with Crippen molar-refractivity contribution in [1.82, 2.24) is 9.80 Å². The molecular formula is C21H22ClFN2O4S. The lowest BCUT2D eigenvalue weighted by Crippen LogP contribution is -2.51. The second-order valence-electron chi connectivity index (χ2n) is 7.30. The zero-order chi connectivity index (χ0) is 22.1. The number of carbonyl (C=O) groups excluding carboxylic acids is 2. The fraction of sp³-hybridized carbons (Fsp3) is 0.333. The van der Waals surface area contributed by atoms with E-state index in [1.807, 2.05) is 0 Å². The van der Waals surface area contributed by atoms with Crippen LogP contribution in [0, 0.1) is 5.82 Å². The van der Waals surface area contributed by atoms with Gasteiger partial charge in [-0.15, -0.1) is 0 Å². The van der Waals surface area contributed by atoms with Crippen molar-refractivity contribution in [2.45, 2.75) is 24.0 Å². The zero-order valence-electron chi connectivity index (χ0n) is 16.6. The number of benzene rings is 2. The summed E-state index contributed by atoms with van der Waals surface area (Å²) in [5, 5.41) is -0.398. The molecule has 0 radical (unpaired) electrons. The van der Waals surface area contributed by atoms with Crippen LogP contribution >= 0.6 is 11.6 Å². The molecule has 1 fully saturated rings. The Morgan fingerprint density at radius 2 is 1.47 bits per heavy atom. The van der Waals surface area contributed by atoms with Gasteiger partial charge in [-0.1, -0.05) is 23.7 Å². The fourth-order valence-corrected chi connectivity index (χ4v) is 4.67. The Bertz CT molecular complexity index is 1080. The van der Waals surface area contributed by atoms with Gasteiger partial charge in [0.2, 0.25) is 0 Å². The first-order valence-corrected chi connectivity index (χ1v) is 11.4. The molecule has 2 aromatic rings. The van der Waals surface area contributed by atoms with Crippen LogP contribution in [0.1, 0.15) is 34.6 Å². The van der Waals surface area contributed by atoms with Gasteiger partial charge in [0, 0.05) is 31.2 Å². The maximum Gasteiger partial charge on any atom is 0.257 e. The van der Waals surface area contributed by atoms with Crippen molar-refractivity contribution in [2.24, 2.45) is 0 Å². The average Bonchev–Trinajstić information content (AvgIpc) is 2.74. The first-order valence-electron chi connectivity index (χ1n) is 9.49. The van der Waals surface area contributed by atoms with Gasteiger partial charge in [-0.05, 0) is 44.2 Å². The number of carbonyl (C=O) groups is 2. The SMILES string of the molecule is CC(C)S(=O)(=O)c1ccccc1C(=O)N1CCN(C(=O)c2cc(Cl)ccc2F)CC1. The average molecular weight is 453 g/mol. The molecule has 6 nitrogen and oxygen atoms in total. The van der Waals surface area contributed by atoms with Crippen LogP contribution < -0.4 is 0 Å². The molecule has 2 amide bonds. The second-order valence-corrected chi connectivity index (χ2v) is 10.2. The molecule has 0 N–H and O–H groups in total. The number of amides is 2. The Morgan fingerprint density at radius 1 is 0.933 bits per heavy atom. The topological polar surface area (TPSA) is 74.8 Å². The molecule has 2 aromatic carbocycles. The summed E-state index contributed by atoms with van der Waals surface area (Å²) in [6.07, 6.45) is 0. The predicted octanol–water partition coefficient (Wildman–Crippen LogP) is 3.26. The van der Waals surface area contributed by atoms with Gasteiger partial charge in [0.1, 0.15) is 5.82 Å². The van der Waals surface area contributed by atoms with E-state index in [0.29, 0.717) is 0 Å². The minimum atomic E-state index is -3.63. The highest BCUT2D eigenvalue weighted by molar-refractivity contribution is 7.92. The predicted molar refractivity (Wildman–Crippen MR) is 112 cm³/mol. The summed E-state index contributed by atoms with van der Waals surface area (Å²) >= 11 is 5.87. The molecule has 1 heterocycles. The molecule has 0 unspecified atom stereocenters. The number of hydrogen-bond donors (Lipinski definition) is 0. The summed E-state index contributed by atoms with van der Waals surface area (Å²) in [6, 6.07) is 9.93. The van der Waals surface area contributed by atoms with Crippen molar-refractivity contribution < 1.29 is 22.4 Å². The van der Waals surface area contributed by atoms with E-state index in [9.17, 15) is 22.4 Å². The van der Waals surface area contributed by atoms with Gasteiger partial charge in [-0.25, -0.2) is 12.8 Å². The van der Waals surface area contributed by atoms with Crippen LogP contribution in [-0.4, -0.2) is 61.5 Å². The Balaban J connectivity index is 1.76. The van der Waals surface area contributed by atoms with E-state index in [2.05, 4.69) is 0 Å². The van der Waals surface area contributed by atoms with Crippen molar-refractivity contribution >= 4 is 33.3 Å². The van der Waals surface area contributed by atoms with Gasteiger partial charge in [-0.2, -0.15) is 0 Å². The lowest BCUT2D eigenvalue weighted by atomic mass is 10.1. The van der Waals surface area contributed by atoms with Crippen LogP contribution in [0.4, 0.5) is 4.39 Å². The maximum atomic E-state index is 14.0. The molecule has 30 heavy (non-hydrogen) atoms. The van der Waals surface area contributed by atoms with E-state index in [1.165, 1.54) is 34.1 Å². The molecule has 1 aliphatic rings. The van der Waals surface area contributed by atoms with Crippen molar-refractivity contribution in [2.75, 3.05) is 26.2 Å². The Labute approximate surface area is 180 Å². The summed E-state index contributed by atoms with van der Waals surface area (Å²) in [4.78, 5) is 28.6. The van der Waals surface area contributed by atoms with Gasteiger partial charge in [0.15, 0.2) is 9.84 Å². The van der Waals surface area contributed by atoms with E-state index >= 15 is 0 Å². The monoisotopic (exact) mass is 452 g/mol. The van der Waals surface area contributed by atoms with Gasteiger partial charge >= 0.3 is 0 Å². The van der Waals surface area contributed by atoms with Crippen LogP contribution in [-0.2, 0) is 9.84 Å². The van der Waals surface area contributed by atoms with Crippen LogP contribution in [0.3, 0.4) is 0 Å². The van der Waals surface area contributed by atoms with Crippen molar-refractivity contribution in [3.05, 3.63) is 64.4 Å². The largest absolute Gasteiger partial charge is 0.335 e. The maximum absolute atomic E-state index is 14.0. The molecule has 0 saturated carbocycles. The molecule has 1 aliphatic heterocycles. The lowest BCUT2D eigenvalue weighted by Gasteiger charge is -2.35. The third-order valence-electron chi connectivity index (χ3n) is 5.06. The van der Waals surface area contributed by atoms with Crippen LogP contribution in [0.15, 0.2) is 47.4 Å². The molecule has 0 spiro atoms. The van der Waals surface area contributed by atoms with E-state index < -0.39 is 32.7 Å². The highest BCUT2D eigenvalue weighted by Gasteiger charge is 2.30. The summed E-state index contributed by atoms with van der Waals surface area (Å²) in [6.45, 7) is 3.96. The molecule has 0 aliphatic carbocycles. The number of sulfone groups is 1. The lowest BCUT2D eigenvalue weighted by molar-refractivity contribution is 0.0531. The van der Waals surface area contributed by atoms with Crippen LogP contribution in [0.25, 0.3) is 0 Å². The normalized spacial score (nSPS) is 14.8. The highest BCUT2D eigenvalue weighted by atomic mass is 35.5. The van der Waals surface area contributed by atoms with E-state index in [1.54, 1.807) is 26.0 Å². The quantitative estimate of drug-likeness (QED) is 0.713. The molecule has 1 saturated heterocycles. The van der Waals surface area contributed by atoms with Gasteiger partial charge in [0.05, 0.1) is 21.3 Å². The molecule has 9 heteroatoms. The molecule has 0 atom stereocenters. The standard InChI is InChI=1S/C21H22ClFN2O4S/c1-14(2)30(28,29)19-6-4-3-5-16(19)20(26)24-9-11-25(12-10-24)21(27)17-13-15(22)7-8-18(17)23/h3-8,13-14H,9-12H2,1-2H3. The fourth-order valence-electron chi connectivity index (χ4n) is 3.26. The van der Waals surface area contributed by atoms with Crippen LogP contribution in [0.2, 0.25) is 5.02 Å². The zero-order valence-corrected chi connectivity index (χ0v) is 18.2. The summed E-state index contributed by atoms with van der Waals surface area (Å²) in [5.74, 6) is -1.56. The Morgan fingerprint density at radius 3 is 2.03 bits per heavy atom. The Kier molecular flexibility index (Phi) is 6.47. The summed E-state index contributed by atoms with van der Waals surface area (Å²) < 4.78 is 39.3. The third kappa shape index (κ3) is 4.34. The van der Waals surface area contributed by atoms with E-state index in [4.69, 9.17) is 11.6 Å². The number of nitrogens with zero attached hydrogens (tertiary/aromatic N) is 2. The molecule has 0 aromatic heterocycles. The van der Waals surface area contributed by atoms with Crippen molar-refractivity contribution in [3.63, 3.8) is 0 Å². The Hall–Kier alpha value is -2.45. The summed E-state index contributed by atoms with van der Waals surface area (Å²) in [7, 11) is -3.63. The van der Waals surface area contributed by atoms with Gasteiger partial charge in [-0.3, -0.25) is 9.59 Å². The van der Waals surface area contributed by atoms with E-state index in [-0.39, 0.29) is 47.2 Å². The number of halogens is 2. The first kappa shape index (κ1) is 22.2. The second kappa shape index (κ2) is 8.73. The van der Waals surface area contributed by atoms with E-state index in [0.717, 1.165) is 6.07 Å². The molecular weight excluding hydrogens is 431 g/mol. The summed E-state index contributed by atoms with van der Waals surface area (Å²) in [5.41, 5.74) is 0.00233. The first-order chi connectivity index (χ1) is 14.1. The van der Waals surface area contributed by atoms with Crippen molar-refractivity contribution in [3.8, 4) is 0 Å². The number of hydrogen-bond acceptors (Lipinski definition) is 4. The molecule has 3 rings (SSSR count). The molecule has 160 valence electrons.